The Morgan fingerprint density at radius 3 is 1.14 bits per heavy atom. The maximum Gasteiger partial charge on any atom is -0.0286 e. The normalized spacial score (nSPS) is 15.4. The fourth-order valence-electron chi connectivity index (χ4n) is 1.77. The lowest BCUT2D eigenvalue weighted by Gasteiger charge is -2.19. The molecule has 0 aromatic rings. The Bertz CT molecular complexity index is 101. The SMILES string of the molecule is CCCP(CC)CCP(CC)CCC. The molecule has 2 heteroatoms. The van der Waals surface area contributed by atoms with E-state index in [0.29, 0.717) is 15.8 Å². The van der Waals surface area contributed by atoms with Crippen LogP contribution in [0, 0.1) is 0 Å². The summed E-state index contributed by atoms with van der Waals surface area (Å²) >= 11 is 0. The third-order valence-corrected chi connectivity index (χ3v) is 8.72. The molecule has 0 radical (unpaired) electrons. The molecule has 2 unspecified atom stereocenters. The molecule has 0 fully saturated rings. The number of hydrogen-bond donors (Lipinski definition) is 0. The third kappa shape index (κ3) is 7.19. The molecule has 0 bridgehead atoms. The van der Waals surface area contributed by atoms with Crippen LogP contribution in [0.5, 0.6) is 0 Å². The lowest BCUT2D eigenvalue weighted by Crippen LogP contribution is -1.99. The standard InChI is InChI=1S/C12H28P2/c1-5-9-13(7-3)11-12-14(8-4)10-6-2/h5-12H2,1-4H3. The monoisotopic (exact) mass is 234 g/mol. The topological polar surface area (TPSA) is 0 Å². The van der Waals surface area contributed by atoms with Gasteiger partial charge in [-0.25, -0.2) is 0 Å². The molecule has 0 nitrogen and oxygen atoms in total. The van der Waals surface area contributed by atoms with E-state index in [1.165, 1.54) is 37.5 Å². The summed E-state index contributed by atoms with van der Waals surface area (Å²) in [6.45, 7) is 9.43. The molecule has 0 saturated carbocycles. The minimum Gasteiger partial charge on any atom is -0.107 e. The van der Waals surface area contributed by atoms with E-state index in [1.54, 1.807) is 12.3 Å². The van der Waals surface area contributed by atoms with Crippen LogP contribution >= 0.6 is 15.8 Å². The van der Waals surface area contributed by atoms with Gasteiger partial charge in [0.25, 0.3) is 0 Å². The van der Waals surface area contributed by atoms with Gasteiger partial charge >= 0.3 is 0 Å². The predicted molar refractivity (Wildman–Crippen MR) is 75.0 cm³/mol. The fraction of sp³-hybridized carbons (Fsp3) is 1.00. The first-order chi connectivity index (χ1) is 6.78. The smallest absolute Gasteiger partial charge is 0.0286 e. The second-order valence-corrected chi connectivity index (χ2v) is 9.61. The van der Waals surface area contributed by atoms with Crippen molar-refractivity contribution in [1.82, 2.24) is 0 Å². The van der Waals surface area contributed by atoms with Crippen molar-refractivity contribution in [1.29, 1.82) is 0 Å². The van der Waals surface area contributed by atoms with Crippen LogP contribution in [0.4, 0.5) is 0 Å². The van der Waals surface area contributed by atoms with E-state index in [9.17, 15) is 0 Å². The maximum atomic E-state index is 2.38. The van der Waals surface area contributed by atoms with Crippen molar-refractivity contribution in [3.63, 3.8) is 0 Å². The second kappa shape index (κ2) is 10.4. The summed E-state index contributed by atoms with van der Waals surface area (Å²) in [5.41, 5.74) is 0. The molecule has 0 amide bonds. The van der Waals surface area contributed by atoms with Crippen LogP contribution in [0.15, 0.2) is 0 Å². The zero-order chi connectivity index (χ0) is 10.8. The van der Waals surface area contributed by atoms with Gasteiger partial charge in [-0.05, 0) is 37.0 Å². The highest BCUT2D eigenvalue weighted by molar-refractivity contribution is 7.61. The van der Waals surface area contributed by atoms with Gasteiger partial charge in [-0.1, -0.05) is 40.5 Å². The van der Waals surface area contributed by atoms with Gasteiger partial charge in [-0.3, -0.25) is 0 Å². The van der Waals surface area contributed by atoms with Crippen molar-refractivity contribution in [3.05, 3.63) is 0 Å². The molecule has 0 saturated heterocycles. The van der Waals surface area contributed by atoms with E-state index in [-0.39, 0.29) is 0 Å². The van der Waals surface area contributed by atoms with Gasteiger partial charge in [0.2, 0.25) is 0 Å². The summed E-state index contributed by atoms with van der Waals surface area (Å²) in [6, 6.07) is 0. The third-order valence-electron chi connectivity index (χ3n) is 2.71. The van der Waals surface area contributed by atoms with Gasteiger partial charge in [-0.15, -0.1) is 15.8 Å². The van der Waals surface area contributed by atoms with Gasteiger partial charge in [0, 0.05) is 0 Å². The largest absolute Gasteiger partial charge is 0.107 e. The Labute approximate surface area is 93.8 Å². The highest BCUT2D eigenvalue weighted by Gasteiger charge is 2.08. The first-order valence-corrected chi connectivity index (χ1v) is 10.0. The number of hydrogen-bond acceptors (Lipinski definition) is 0. The summed E-state index contributed by atoms with van der Waals surface area (Å²) in [7, 11) is 0.817. The summed E-state index contributed by atoms with van der Waals surface area (Å²) in [6.07, 6.45) is 11.9. The first kappa shape index (κ1) is 14.9. The van der Waals surface area contributed by atoms with E-state index in [4.69, 9.17) is 0 Å². The number of rotatable bonds is 9. The molecular formula is C12H28P2. The predicted octanol–water partition coefficient (Wildman–Crippen LogP) is 4.81. The average molecular weight is 234 g/mol. The van der Waals surface area contributed by atoms with Gasteiger partial charge in [0.05, 0.1) is 0 Å². The van der Waals surface area contributed by atoms with Gasteiger partial charge < -0.3 is 0 Å². The molecule has 0 aromatic heterocycles. The van der Waals surface area contributed by atoms with Gasteiger partial charge in [0.15, 0.2) is 0 Å². The molecule has 2 atom stereocenters. The molecule has 14 heavy (non-hydrogen) atoms. The van der Waals surface area contributed by atoms with Gasteiger partial charge in [0.1, 0.15) is 0 Å². The molecule has 0 heterocycles. The second-order valence-electron chi connectivity index (χ2n) is 3.87. The van der Waals surface area contributed by atoms with E-state index in [1.807, 2.05) is 0 Å². The van der Waals surface area contributed by atoms with Crippen LogP contribution in [0.2, 0.25) is 0 Å². The molecule has 0 rings (SSSR count). The summed E-state index contributed by atoms with van der Waals surface area (Å²) in [5, 5.41) is 0. The minimum atomic E-state index is 0.409. The Hall–Kier alpha value is 0.860. The average Bonchev–Trinajstić information content (AvgIpc) is 2.22. The van der Waals surface area contributed by atoms with Crippen molar-refractivity contribution in [2.45, 2.75) is 40.5 Å². The lowest BCUT2D eigenvalue weighted by molar-refractivity contribution is 1.08. The van der Waals surface area contributed by atoms with Crippen LogP contribution in [-0.2, 0) is 0 Å². The Morgan fingerprint density at radius 1 is 0.571 bits per heavy atom. The highest BCUT2D eigenvalue weighted by atomic mass is 31.1. The highest BCUT2D eigenvalue weighted by Crippen LogP contribution is 2.43. The van der Waals surface area contributed by atoms with Crippen LogP contribution in [0.3, 0.4) is 0 Å². The molecule has 0 N–H and O–H groups in total. The molecule has 0 aromatic carbocycles. The fourth-order valence-corrected chi connectivity index (χ4v) is 7.01. The maximum absolute atomic E-state index is 2.38. The van der Waals surface area contributed by atoms with Crippen molar-refractivity contribution in [2.75, 3.05) is 37.0 Å². The quantitative estimate of drug-likeness (QED) is 0.502. The van der Waals surface area contributed by atoms with Crippen molar-refractivity contribution in [2.24, 2.45) is 0 Å². The van der Waals surface area contributed by atoms with E-state index in [2.05, 4.69) is 27.7 Å². The zero-order valence-electron chi connectivity index (χ0n) is 10.6. The molecule has 0 aliphatic heterocycles. The van der Waals surface area contributed by atoms with E-state index >= 15 is 0 Å². The molecule has 86 valence electrons. The van der Waals surface area contributed by atoms with Crippen molar-refractivity contribution >= 4 is 15.8 Å². The Morgan fingerprint density at radius 2 is 0.929 bits per heavy atom. The van der Waals surface area contributed by atoms with Gasteiger partial charge in [-0.2, -0.15) is 0 Å². The Balaban J connectivity index is 3.63. The van der Waals surface area contributed by atoms with Crippen molar-refractivity contribution in [3.8, 4) is 0 Å². The van der Waals surface area contributed by atoms with E-state index < -0.39 is 0 Å². The zero-order valence-corrected chi connectivity index (χ0v) is 12.3. The summed E-state index contributed by atoms with van der Waals surface area (Å²) in [4.78, 5) is 0. The van der Waals surface area contributed by atoms with Crippen LogP contribution in [0.25, 0.3) is 0 Å². The van der Waals surface area contributed by atoms with Crippen molar-refractivity contribution < 1.29 is 0 Å². The minimum absolute atomic E-state index is 0.409. The van der Waals surface area contributed by atoms with Crippen LogP contribution in [-0.4, -0.2) is 37.0 Å². The lowest BCUT2D eigenvalue weighted by atomic mass is 10.6. The Kier molecular flexibility index (Phi) is 11.0. The molecule has 0 aliphatic carbocycles. The summed E-state index contributed by atoms with van der Waals surface area (Å²) < 4.78 is 0. The molecule has 0 aliphatic rings. The molecule has 0 spiro atoms. The summed E-state index contributed by atoms with van der Waals surface area (Å²) in [5.74, 6) is 0. The first-order valence-electron chi connectivity index (χ1n) is 6.23. The van der Waals surface area contributed by atoms with Crippen LogP contribution in [0.1, 0.15) is 40.5 Å². The molecular weight excluding hydrogens is 206 g/mol. The van der Waals surface area contributed by atoms with Crippen LogP contribution < -0.4 is 0 Å². The van der Waals surface area contributed by atoms with E-state index in [0.717, 1.165) is 0 Å².